The van der Waals surface area contributed by atoms with Crippen LogP contribution in [0.5, 0.6) is 0 Å². The molecule has 6 heteroatoms. The number of hydrogen-bond donors (Lipinski definition) is 0. The molecular weight excluding hydrogens is 236 g/mol. The first-order valence-corrected chi connectivity index (χ1v) is 17.6. The summed E-state index contributed by atoms with van der Waals surface area (Å²) in [7, 11) is 1.72. The molecular formula is C6H18OS2Si3. The average Bonchev–Trinajstić information content (AvgIpc) is 1.44. The molecule has 0 bridgehead atoms. The monoisotopic (exact) mass is 254 g/mol. The Labute approximate surface area is 85.9 Å². The van der Waals surface area contributed by atoms with E-state index in [1.54, 1.807) is 0 Å². The van der Waals surface area contributed by atoms with E-state index in [0.717, 1.165) is 0 Å². The molecule has 0 N–H and O–H groups in total. The fraction of sp³-hybridized carbons (Fsp3) is 1.00. The van der Waals surface area contributed by atoms with Gasteiger partial charge in [0.15, 0.2) is 6.37 Å². The molecule has 1 heterocycles. The van der Waals surface area contributed by atoms with Crippen molar-refractivity contribution in [1.82, 2.24) is 0 Å². The second-order valence-corrected chi connectivity index (χ2v) is 31.8. The van der Waals surface area contributed by atoms with Crippen molar-refractivity contribution in [3.8, 4) is 0 Å². The van der Waals surface area contributed by atoms with Gasteiger partial charge in [0, 0.05) is 0 Å². The lowest BCUT2D eigenvalue weighted by Crippen LogP contribution is -2.51. The van der Waals surface area contributed by atoms with E-state index in [9.17, 15) is 0 Å². The van der Waals surface area contributed by atoms with Gasteiger partial charge < -0.3 is 4.12 Å². The van der Waals surface area contributed by atoms with E-state index in [0.29, 0.717) is 0 Å². The third kappa shape index (κ3) is 3.22. The first-order valence-electron chi connectivity index (χ1n) is 4.22. The van der Waals surface area contributed by atoms with Gasteiger partial charge >= 0.3 is 0 Å². The fourth-order valence-electron chi connectivity index (χ4n) is 1.84. The van der Waals surface area contributed by atoms with Crippen LogP contribution >= 0.6 is 21.3 Å². The van der Waals surface area contributed by atoms with Gasteiger partial charge in [0.1, 0.15) is 0 Å². The Balaban J connectivity index is 2.81. The van der Waals surface area contributed by atoms with Crippen LogP contribution < -0.4 is 0 Å². The summed E-state index contributed by atoms with van der Waals surface area (Å²) in [6.45, 7) is 14.3. The summed E-state index contributed by atoms with van der Waals surface area (Å²) >= 11 is 0. The first-order chi connectivity index (χ1) is 5.12. The summed E-state index contributed by atoms with van der Waals surface area (Å²) in [6, 6.07) is 0. The molecule has 0 spiro atoms. The van der Waals surface area contributed by atoms with E-state index < -0.39 is 21.3 Å². The zero-order valence-electron chi connectivity index (χ0n) is 8.72. The molecule has 0 aliphatic carbocycles. The predicted molar refractivity (Wildman–Crippen MR) is 68.7 cm³/mol. The molecule has 1 fully saturated rings. The van der Waals surface area contributed by atoms with Gasteiger partial charge in [0.05, 0.1) is 0 Å². The third-order valence-electron chi connectivity index (χ3n) is 1.47. The van der Waals surface area contributed by atoms with Gasteiger partial charge in [-0.2, -0.15) is 21.3 Å². The standard InChI is InChI=1S/C6H18OS2Si3/c1-10(2)7-11(3,4)9-12(5,6)8-10/h1-6H3. The molecule has 0 saturated carbocycles. The van der Waals surface area contributed by atoms with E-state index in [1.165, 1.54) is 0 Å². The molecule has 1 aliphatic rings. The summed E-state index contributed by atoms with van der Waals surface area (Å²) in [5.41, 5.74) is 0. The van der Waals surface area contributed by atoms with Gasteiger partial charge in [-0.15, -0.1) is 0 Å². The maximum atomic E-state index is 6.24. The Morgan fingerprint density at radius 1 is 0.750 bits per heavy atom. The lowest BCUT2D eigenvalue weighted by molar-refractivity contribution is 0.593. The van der Waals surface area contributed by atoms with E-state index >= 15 is 0 Å². The largest absolute Gasteiger partial charge is 0.441 e. The molecule has 1 saturated heterocycles. The maximum absolute atomic E-state index is 6.24. The highest BCUT2D eigenvalue weighted by Gasteiger charge is 2.48. The Bertz CT molecular complexity index is 148. The van der Waals surface area contributed by atoms with Gasteiger partial charge in [-0.05, 0) is 26.2 Å². The van der Waals surface area contributed by atoms with Crippen molar-refractivity contribution in [3.63, 3.8) is 0 Å². The Hall–Kier alpha value is 1.31. The zero-order valence-corrected chi connectivity index (χ0v) is 13.4. The van der Waals surface area contributed by atoms with Gasteiger partial charge in [0.25, 0.3) is 0 Å². The van der Waals surface area contributed by atoms with Crippen molar-refractivity contribution >= 4 is 42.6 Å². The summed E-state index contributed by atoms with van der Waals surface area (Å²) in [6.07, 6.45) is -1.03. The van der Waals surface area contributed by atoms with E-state index in [1.807, 2.05) is 0 Å². The minimum Gasteiger partial charge on any atom is -0.441 e. The number of rotatable bonds is 0. The van der Waals surface area contributed by atoms with Crippen molar-refractivity contribution < 1.29 is 4.12 Å². The van der Waals surface area contributed by atoms with Crippen molar-refractivity contribution in [1.29, 1.82) is 0 Å². The summed E-state index contributed by atoms with van der Waals surface area (Å²) < 4.78 is 6.24. The van der Waals surface area contributed by atoms with Crippen LogP contribution in [0.15, 0.2) is 0 Å². The fourth-order valence-corrected chi connectivity index (χ4v) is 60.8. The van der Waals surface area contributed by atoms with Gasteiger partial charge in [0.2, 0.25) is 14.9 Å². The first kappa shape index (κ1) is 11.4. The van der Waals surface area contributed by atoms with Crippen molar-refractivity contribution in [2.45, 2.75) is 39.3 Å². The van der Waals surface area contributed by atoms with E-state index in [-0.39, 0.29) is 0 Å². The molecule has 1 nitrogen and oxygen atoms in total. The molecule has 0 amide bonds. The van der Waals surface area contributed by atoms with Crippen molar-refractivity contribution in [3.05, 3.63) is 0 Å². The van der Waals surface area contributed by atoms with Crippen LogP contribution in [0.3, 0.4) is 0 Å². The topological polar surface area (TPSA) is 9.23 Å². The molecule has 1 aliphatic heterocycles. The van der Waals surface area contributed by atoms with Crippen LogP contribution in [0.2, 0.25) is 39.3 Å². The predicted octanol–water partition coefficient (Wildman–Crippen LogP) is 3.59. The highest BCUT2D eigenvalue weighted by atomic mass is 32.7. The summed E-state index contributed by atoms with van der Waals surface area (Å²) in [4.78, 5) is 0. The minimum atomic E-state index is -1.34. The molecule has 0 aromatic heterocycles. The molecule has 0 unspecified atom stereocenters. The van der Waals surface area contributed by atoms with Gasteiger partial charge in [-0.3, -0.25) is 0 Å². The SMILES string of the molecule is C[Si]1(C)O[Si](C)(C)S[Si](C)(C)S1. The average molecular weight is 255 g/mol. The molecule has 72 valence electrons. The molecule has 12 heavy (non-hydrogen) atoms. The lowest BCUT2D eigenvalue weighted by atomic mass is 11.9. The number of hydrogen-bond acceptors (Lipinski definition) is 3. The second-order valence-electron chi connectivity index (χ2n) is 4.51. The molecule has 0 aromatic rings. The van der Waals surface area contributed by atoms with Crippen LogP contribution in [-0.2, 0) is 4.12 Å². The van der Waals surface area contributed by atoms with E-state index in [4.69, 9.17) is 4.12 Å². The Kier molecular flexibility index (Phi) is 3.00. The van der Waals surface area contributed by atoms with E-state index in [2.05, 4.69) is 60.6 Å². The van der Waals surface area contributed by atoms with Gasteiger partial charge in [-0.1, -0.05) is 13.1 Å². The highest BCUT2D eigenvalue weighted by Crippen LogP contribution is 2.49. The van der Waals surface area contributed by atoms with Crippen LogP contribution in [0, 0.1) is 0 Å². The second kappa shape index (κ2) is 3.16. The quantitative estimate of drug-likeness (QED) is 0.612. The Morgan fingerprint density at radius 2 is 1.08 bits per heavy atom. The Morgan fingerprint density at radius 3 is 1.33 bits per heavy atom. The molecule has 0 radical (unpaired) electrons. The summed E-state index contributed by atoms with van der Waals surface area (Å²) in [5.74, 6) is 0. The van der Waals surface area contributed by atoms with Crippen LogP contribution in [0.25, 0.3) is 0 Å². The van der Waals surface area contributed by atoms with Crippen molar-refractivity contribution in [2.75, 3.05) is 0 Å². The smallest absolute Gasteiger partial charge is 0.232 e. The zero-order chi connectivity index (χ0) is 9.62. The van der Waals surface area contributed by atoms with Crippen LogP contribution in [0.1, 0.15) is 0 Å². The highest BCUT2D eigenvalue weighted by molar-refractivity contribution is 8.76. The normalized spacial score (nSPS) is 31.5. The minimum absolute atomic E-state index is 1.03. The van der Waals surface area contributed by atoms with Crippen molar-refractivity contribution in [2.24, 2.45) is 0 Å². The maximum Gasteiger partial charge on any atom is 0.232 e. The van der Waals surface area contributed by atoms with Gasteiger partial charge in [-0.25, -0.2) is 0 Å². The summed E-state index contributed by atoms with van der Waals surface area (Å²) in [5, 5.41) is 0. The van der Waals surface area contributed by atoms with Crippen LogP contribution in [0.4, 0.5) is 0 Å². The third-order valence-corrected chi connectivity index (χ3v) is 37.0. The lowest BCUT2D eigenvalue weighted by Gasteiger charge is -2.45. The molecule has 1 rings (SSSR count). The van der Waals surface area contributed by atoms with Crippen LogP contribution in [-0.4, -0.2) is 21.3 Å². The molecule has 0 aromatic carbocycles. The molecule has 0 atom stereocenters.